The van der Waals surface area contributed by atoms with E-state index < -0.39 is 0 Å². The van der Waals surface area contributed by atoms with Crippen molar-refractivity contribution < 1.29 is 4.79 Å². The lowest BCUT2D eigenvalue weighted by Gasteiger charge is -2.34. The Bertz CT molecular complexity index is 747. The molecule has 0 unspecified atom stereocenters. The van der Waals surface area contributed by atoms with Gasteiger partial charge in [-0.3, -0.25) is 14.7 Å². The van der Waals surface area contributed by atoms with Crippen LogP contribution in [-0.4, -0.2) is 53.4 Å². The average molecular weight is 335 g/mol. The highest BCUT2D eigenvalue weighted by atomic mass is 16.2. The number of amides is 1. The molecule has 0 radical (unpaired) electrons. The van der Waals surface area contributed by atoms with Gasteiger partial charge in [0.25, 0.3) is 5.91 Å². The van der Waals surface area contributed by atoms with Gasteiger partial charge in [-0.05, 0) is 31.5 Å². The van der Waals surface area contributed by atoms with Gasteiger partial charge in [-0.15, -0.1) is 0 Å². The molecule has 4 nitrogen and oxygen atoms in total. The summed E-state index contributed by atoms with van der Waals surface area (Å²) in [5.41, 5.74) is 3.71. The lowest BCUT2D eigenvalue weighted by molar-refractivity contribution is 0.0649. The highest BCUT2D eigenvalue weighted by molar-refractivity contribution is 5.95. The van der Waals surface area contributed by atoms with Crippen LogP contribution in [0.2, 0.25) is 0 Å². The van der Waals surface area contributed by atoms with Crippen LogP contribution in [0.4, 0.5) is 0 Å². The third-order valence-electron chi connectivity index (χ3n) is 4.59. The molecule has 4 heteroatoms. The third-order valence-corrected chi connectivity index (χ3v) is 4.59. The summed E-state index contributed by atoms with van der Waals surface area (Å²) in [6.45, 7) is 8.12. The van der Waals surface area contributed by atoms with E-state index in [4.69, 9.17) is 0 Å². The molecule has 1 amide bonds. The molecule has 130 valence electrons. The van der Waals surface area contributed by atoms with E-state index in [-0.39, 0.29) is 5.91 Å². The molecule has 1 fully saturated rings. The summed E-state index contributed by atoms with van der Waals surface area (Å²) in [7, 11) is 0. The number of piperazine rings is 1. The van der Waals surface area contributed by atoms with Gasteiger partial charge in [0, 0.05) is 38.4 Å². The fraction of sp³-hybridized carbons (Fsp3) is 0.333. The smallest absolute Gasteiger partial charge is 0.255 e. The quantitative estimate of drug-likeness (QED) is 0.861. The summed E-state index contributed by atoms with van der Waals surface area (Å²) < 4.78 is 0. The fourth-order valence-corrected chi connectivity index (χ4v) is 3.12. The largest absolute Gasteiger partial charge is 0.336 e. The van der Waals surface area contributed by atoms with E-state index in [1.54, 1.807) is 0 Å². The van der Waals surface area contributed by atoms with E-state index >= 15 is 0 Å². The number of hydrogen-bond donors (Lipinski definition) is 0. The number of rotatable bonds is 4. The summed E-state index contributed by atoms with van der Waals surface area (Å²) in [6.07, 6.45) is 4.35. The van der Waals surface area contributed by atoms with E-state index in [1.807, 2.05) is 49.1 Å². The average Bonchev–Trinajstić information content (AvgIpc) is 2.63. The zero-order chi connectivity index (χ0) is 17.6. The van der Waals surface area contributed by atoms with Crippen LogP contribution in [0.3, 0.4) is 0 Å². The van der Waals surface area contributed by atoms with E-state index in [0.717, 1.165) is 49.7 Å². The number of carbonyl (C=O) groups excluding carboxylic acids is 1. The molecule has 0 N–H and O–H groups in total. The van der Waals surface area contributed by atoms with Crippen LogP contribution >= 0.6 is 0 Å². The molecule has 1 aliphatic heterocycles. The SMILES string of the molecule is Cc1ccc(C(=O)N2CCN(CC=Cc3ccccc3)CC2)c(C)n1. The predicted octanol–water partition coefficient (Wildman–Crippen LogP) is 3.17. The van der Waals surface area contributed by atoms with Crippen molar-refractivity contribution in [3.05, 3.63) is 71.1 Å². The molecule has 0 spiro atoms. The molecule has 1 aliphatic rings. The Morgan fingerprint density at radius 2 is 1.76 bits per heavy atom. The highest BCUT2D eigenvalue weighted by Gasteiger charge is 2.22. The number of aryl methyl sites for hydroxylation is 2. The number of pyridine rings is 1. The first kappa shape index (κ1) is 17.4. The summed E-state index contributed by atoms with van der Waals surface area (Å²) in [5, 5.41) is 0. The molecule has 0 atom stereocenters. The number of aromatic nitrogens is 1. The Morgan fingerprint density at radius 1 is 1.04 bits per heavy atom. The van der Waals surface area contributed by atoms with E-state index in [1.165, 1.54) is 5.56 Å². The van der Waals surface area contributed by atoms with Crippen molar-refractivity contribution in [1.29, 1.82) is 0 Å². The number of hydrogen-bond acceptors (Lipinski definition) is 3. The van der Waals surface area contributed by atoms with Gasteiger partial charge in [-0.2, -0.15) is 0 Å². The van der Waals surface area contributed by atoms with Crippen LogP contribution in [0.1, 0.15) is 27.3 Å². The molecule has 3 rings (SSSR count). The molecule has 1 aromatic carbocycles. The molecular formula is C21H25N3O. The summed E-state index contributed by atoms with van der Waals surface area (Å²) in [4.78, 5) is 21.4. The Morgan fingerprint density at radius 3 is 2.44 bits per heavy atom. The molecular weight excluding hydrogens is 310 g/mol. The van der Waals surface area contributed by atoms with Crippen molar-refractivity contribution in [3.8, 4) is 0 Å². The zero-order valence-electron chi connectivity index (χ0n) is 15.0. The molecule has 1 saturated heterocycles. The maximum atomic E-state index is 12.7. The summed E-state index contributed by atoms with van der Waals surface area (Å²) >= 11 is 0. The maximum Gasteiger partial charge on any atom is 0.255 e. The van der Waals surface area contributed by atoms with Crippen LogP contribution in [0.15, 0.2) is 48.5 Å². The van der Waals surface area contributed by atoms with E-state index in [0.29, 0.717) is 0 Å². The van der Waals surface area contributed by atoms with Gasteiger partial charge in [-0.1, -0.05) is 42.5 Å². The van der Waals surface area contributed by atoms with Gasteiger partial charge in [0.2, 0.25) is 0 Å². The van der Waals surface area contributed by atoms with Crippen LogP contribution in [0.25, 0.3) is 6.08 Å². The van der Waals surface area contributed by atoms with E-state index in [9.17, 15) is 4.79 Å². The molecule has 0 aliphatic carbocycles. The van der Waals surface area contributed by atoms with Gasteiger partial charge < -0.3 is 4.90 Å². The van der Waals surface area contributed by atoms with Crippen LogP contribution in [0, 0.1) is 13.8 Å². The van der Waals surface area contributed by atoms with Crippen molar-refractivity contribution in [2.24, 2.45) is 0 Å². The molecule has 25 heavy (non-hydrogen) atoms. The molecule has 0 bridgehead atoms. The minimum absolute atomic E-state index is 0.101. The Hall–Kier alpha value is -2.46. The summed E-state index contributed by atoms with van der Waals surface area (Å²) in [6, 6.07) is 14.1. The van der Waals surface area contributed by atoms with Crippen molar-refractivity contribution in [3.63, 3.8) is 0 Å². The molecule has 2 heterocycles. The normalized spacial score (nSPS) is 15.7. The monoisotopic (exact) mass is 335 g/mol. The number of benzene rings is 1. The summed E-state index contributed by atoms with van der Waals surface area (Å²) in [5.74, 6) is 0.101. The predicted molar refractivity (Wildman–Crippen MR) is 102 cm³/mol. The molecule has 2 aromatic rings. The second-order valence-corrected chi connectivity index (χ2v) is 6.49. The van der Waals surface area contributed by atoms with Crippen molar-refractivity contribution in [2.75, 3.05) is 32.7 Å². The molecule has 1 aromatic heterocycles. The number of nitrogens with zero attached hydrogens (tertiary/aromatic N) is 3. The second-order valence-electron chi connectivity index (χ2n) is 6.49. The minimum atomic E-state index is 0.101. The minimum Gasteiger partial charge on any atom is -0.336 e. The maximum absolute atomic E-state index is 12.7. The molecule has 0 saturated carbocycles. The number of carbonyl (C=O) groups is 1. The highest BCUT2D eigenvalue weighted by Crippen LogP contribution is 2.12. The lowest BCUT2D eigenvalue weighted by atomic mass is 10.1. The van der Waals surface area contributed by atoms with Gasteiger partial charge in [-0.25, -0.2) is 0 Å². The van der Waals surface area contributed by atoms with Crippen LogP contribution in [-0.2, 0) is 0 Å². The zero-order valence-corrected chi connectivity index (χ0v) is 15.0. The van der Waals surface area contributed by atoms with Crippen molar-refractivity contribution in [1.82, 2.24) is 14.8 Å². The van der Waals surface area contributed by atoms with Gasteiger partial charge in [0.15, 0.2) is 0 Å². The first-order valence-electron chi connectivity index (χ1n) is 8.81. The Balaban J connectivity index is 1.51. The van der Waals surface area contributed by atoms with Crippen molar-refractivity contribution >= 4 is 12.0 Å². The first-order chi connectivity index (χ1) is 12.1. The van der Waals surface area contributed by atoms with Crippen LogP contribution < -0.4 is 0 Å². The lowest BCUT2D eigenvalue weighted by Crippen LogP contribution is -2.48. The van der Waals surface area contributed by atoms with Gasteiger partial charge in [0.05, 0.1) is 11.3 Å². The fourth-order valence-electron chi connectivity index (χ4n) is 3.12. The Kier molecular flexibility index (Phi) is 5.61. The van der Waals surface area contributed by atoms with Gasteiger partial charge >= 0.3 is 0 Å². The first-order valence-corrected chi connectivity index (χ1v) is 8.81. The second kappa shape index (κ2) is 8.08. The van der Waals surface area contributed by atoms with Gasteiger partial charge in [0.1, 0.15) is 0 Å². The standard InChI is InChI=1S/C21H25N3O/c1-17-10-11-20(18(2)22-17)21(25)24-15-13-23(14-16-24)12-6-9-19-7-4-3-5-8-19/h3-11H,12-16H2,1-2H3. The van der Waals surface area contributed by atoms with Crippen molar-refractivity contribution in [2.45, 2.75) is 13.8 Å². The Labute approximate surface area is 149 Å². The topological polar surface area (TPSA) is 36.4 Å². The third kappa shape index (κ3) is 4.54. The van der Waals surface area contributed by atoms with E-state index in [2.05, 4.69) is 34.2 Å². The van der Waals surface area contributed by atoms with Crippen LogP contribution in [0.5, 0.6) is 0 Å².